The molecule has 5 heteroatoms. The van der Waals surface area contributed by atoms with Crippen LogP contribution in [0.2, 0.25) is 0 Å². The first-order valence-electron chi connectivity index (χ1n) is 6.05. The molecule has 0 aromatic carbocycles. The Kier molecular flexibility index (Phi) is 5.42. The molecule has 1 amide bonds. The topological polar surface area (TPSA) is 42.0 Å². The van der Waals surface area contributed by atoms with Crippen LogP contribution >= 0.6 is 23.1 Å². The number of hydrogen-bond donors (Lipinski definition) is 1. The van der Waals surface area contributed by atoms with Gasteiger partial charge in [-0.1, -0.05) is 6.07 Å². The van der Waals surface area contributed by atoms with Crippen LogP contribution in [-0.4, -0.2) is 16.6 Å². The van der Waals surface area contributed by atoms with E-state index < -0.39 is 0 Å². The van der Waals surface area contributed by atoms with Crippen molar-refractivity contribution < 1.29 is 4.79 Å². The summed E-state index contributed by atoms with van der Waals surface area (Å²) in [5, 5.41) is 5.05. The van der Waals surface area contributed by atoms with E-state index in [1.54, 1.807) is 35.5 Å². The second kappa shape index (κ2) is 7.31. The molecule has 19 heavy (non-hydrogen) atoms. The molecule has 0 fully saturated rings. The van der Waals surface area contributed by atoms with Crippen molar-refractivity contribution in [2.75, 3.05) is 5.75 Å². The van der Waals surface area contributed by atoms with Gasteiger partial charge in [0.2, 0.25) is 5.91 Å². The van der Waals surface area contributed by atoms with E-state index in [0.29, 0.717) is 5.75 Å². The number of pyridine rings is 1. The second-order valence-corrected chi connectivity index (χ2v) is 6.16. The molecule has 2 aromatic rings. The zero-order valence-corrected chi connectivity index (χ0v) is 12.3. The monoisotopic (exact) mass is 292 g/mol. The Hall–Kier alpha value is -1.33. The van der Waals surface area contributed by atoms with E-state index in [4.69, 9.17) is 0 Å². The summed E-state index contributed by atoms with van der Waals surface area (Å²) in [4.78, 5) is 17.1. The first-order chi connectivity index (χ1) is 9.25. The molecule has 100 valence electrons. The van der Waals surface area contributed by atoms with E-state index in [1.165, 1.54) is 4.88 Å². The molecule has 2 aromatic heterocycles. The maximum absolute atomic E-state index is 11.8. The fraction of sp³-hybridized carbons (Fsp3) is 0.286. The van der Waals surface area contributed by atoms with E-state index in [0.717, 1.165) is 11.3 Å². The molecular formula is C14H16N2OS2. The maximum Gasteiger partial charge on any atom is 0.230 e. The Bertz CT molecular complexity index is 499. The Labute approximate surface area is 121 Å². The summed E-state index contributed by atoms with van der Waals surface area (Å²) >= 11 is 3.37. The normalized spacial score (nSPS) is 12.1. The lowest BCUT2D eigenvalue weighted by molar-refractivity contribution is -0.119. The van der Waals surface area contributed by atoms with Gasteiger partial charge in [-0.3, -0.25) is 9.78 Å². The second-order valence-electron chi connectivity index (χ2n) is 4.14. The largest absolute Gasteiger partial charge is 0.349 e. The molecule has 0 aliphatic heterocycles. The van der Waals surface area contributed by atoms with Gasteiger partial charge in [-0.25, -0.2) is 0 Å². The van der Waals surface area contributed by atoms with Crippen LogP contribution in [0.15, 0.2) is 42.0 Å². The number of aromatic nitrogens is 1. The van der Waals surface area contributed by atoms with Gasteiger partial charge >= 0.3 is 0 Å². The summed E-state index contributed by atoms with van der Waals surface area (Å²) in [5.41, 5.74) is 1.08. The molecular weight excluding hydrogens is 276 g/mol. The highest BCUT2D eigenvalue weighted by Crippen LogP contribution is 2.17. The molecule has 0 saturated carbocycles. The van der Waals surface area contributed by atoms with Crippen molar-refractivity contribution in [2.45, 2.75) is 18.7 Å². The first-order valence-corrected chi connectivity index (χ1v) is 8.08. The number of hydrogen-bond acceptors (Lipinski definition) is 4. The van der Waals surface area contributed by atoms with E-state index in [9.17, 15) is 4.79 Å². The highest BCUT2D eigenvalue weighted by atomic mass is 32.2. The van der Waals surface area contributed by atoms with Gasteiger partial charge in [0.15, 0.2) is 0 Å². The summed E-state index contributed by atoms with van der Waals surface area (Å²) in [6, 6.07) is 7.99. The molecule has 0 saturated heterocycles. The minimum atomic E-state index is 0.0258. The Morgan fingerprint density at radius 1 is 1.42 bits per heavy atom. The van der Waals surface area contributed by atoms with Crippen molar-refractivity contribution in [3.63, 3.8) is 0 Å². The summed E-state index contributed by atoms with van der Waals surface area (Å²) in [6.07, 6.45) is 3.48. The minimum Gasteiger partial charge on any atom is -0.349 e. The first kappa shape index (κ1) is 14.1. The SMILES string of the molecule is C[C@H](NC(=O)CSCc1cccs1)c1ccncc1. The van der Waals surface area contributed by atoms with Gasteiger partial charge in [-0.2, -0.15) is 0 Å². The lowest BCUT2D eigenvalue weighted by Gasteiger charge is -2.13. The van der Waals surface area contributed by atoms with Crippen LogP contribution in [0.25, 0.3) is 0 Å². The van der Waals surface area contributed by atoms with Crippen LogP contribution in [0.1, 0.15) is 23.4 Å². The zero-order chi connectivity index (χ0) is 13.5. The standard InChI is InChI=1S/C14H16N2OS2/c1-11(12-4-6-15-7-5-12)16-14(17)10-18-9-13-3-2-8-19-13/h2-8,11H,9-10H2,1H3,(H,16,17)/t11-/m0/s1. The van der Waals surface area contributed by atoms with Crippen molar-refractivity contribution >= 4 is 29.0 Å². The smallest absolute Gasteiger partial charge is 0.230 e. The zero-order valence-electron chi connectivity index (χ0n) is 10.7. The van der Waals surface area contributed by atoms with Crippen LogP contribution in [-0.2, 0) is 10.5 Å². The highest BCUT2D eigenvalue weighted by Gasteiger charge is 2.09. The third kappa shape index (κ3) is 4.69. The predicted octanol–water partition coefficient (Wildman–Crippen LogP) is 3.25. The van der Waals surface area contributed by atoms with E-state index in [1.807, 2.05) is 25.1 Å². The van der Waals surface area contributed by atoms with Crippen molar-refractivity contribution in [2.24, 2.45) is 0 Å². The number of carbonyl (C=O) groups excluding carboxylic acids is 1. The molecule has 0 radical (unpaired) electrons. The Balaban J connectivity index is 1.72. The van der Waals surface area contributed by atoms with Crippen molar-refractivity contribution in [1.82, 2.24) is 10.3 Å². The van der Waals surface area contributed by atoms with Crippen LogP contribution in [0.5, 0.6) is 0 Å². The van der Waals surface area contributed by atoms with Crippen LogP contribution in [0.3, 0.4) is 0 Å². The van der Waals surface area contributed by atoms with Crippen LogP contribution in [0, 0.1) is 0 Å². The van der Waals surface area contributed by atoms with E-state index in [2.05, 4.69) is 21.7 Å². The highest BCUT2D eigenvalue weighted by molar-refractivity contribution is 7.99. The average Bonchev–Trinajstić information content (AvgIpc) is 2.93. The maximum atomic E-state index is 11.8. The van der Waals surface area contributed by atoms with Gasteiger partial charge in [-0.15, -0.1) is 23.1 Å². The number of nitrogens with zero attached hydrogens (tertiary/aromatic N) is 1. The van der Waals surface area contributed by atoms with Gasteiger partial charge < -0.3 is 5.32 Å². The Morgan fingerprint density at radius 2 is 2.21 bits per heavy atom. The van der Waals surface area contributed by atoms with E-state index >= 15 is 0 Å². The van der Waals surface area contributed by atoms with Gasteiger partial charge in [0.05, 0.1) is 11.8 Å². The van der Waals surface area contributed by atoms with Crippen molar-refractivity contribution in [3.8, 4) is 0 Å². The van der Waals surface area contributed by atoms with Gasteiger partial charge in [0, 0.05) is 23.0 Å². The Morgan fingerprint density at radius 3 is 2.89 bits per heavy atom. The van der Waals surface area contributed by atoms with Gasteiger partial charge in [-0.05, 0) is 36.1 Å². The molecule has 2 heterocycles. The average molecular weight is 292 g/mol. The summed E-state index contributed by atoms with van der Waals surface area (Å²) in [7, 11) is 0. The lowest BCUT2D eigenvalue weighted by Crippen LogP contribution is -2.28. The van der Waals surface area contributed by atoms with Crippen LogP contribution < -0.4 is 5.32 Å². The molecule has 0 aliphatic carbocycles. The third-order valence-electron chi connectivity index (χ3n) is 2.64. The minimum absolute atomic E-state index is 0.0258. The van der Waals surface area contributed by atoms with E-state index in [-0.39, 0.29) is 11.9 Å². The van der Waals surface area contributed by atoms with Gasteiger partial charge in [0.1, 0.15) is 0 Å². The summed E-state index contributed by atoms with van der Waals surface area (Å²) < 4.78 is 0. The van der Waals surface area contributed by atoms with Crippen LogP contribution in [0.4, 0.5) is 0 Å². The molecule has 1 N–H and O–H groups in total. The fourth-order valence-corrected chi connectivity index (χ4v) is 3.34. The number of thiophene rings is 1. The molecule has 0 spiro atoms. The number of rotatable bonds is 6. The van der Waals surface area contributed by atoms with Crippen molar-refractivity contribution in [3.05, 3.63) is 52.5 Å². The molecule has 2 rings (SSSR count). The molecule has 1 atom stereocenters. The summed E-state index contributed by atoms with van der Waals surface area (Å²) in [6.45, 7) is 1.98. The molecule has 3 nitrogen and oxygen atoms in total. The molecule has 0 aliphatic rings. The number of amides is 1. The summed E-state index contributed by atoms with van der Waals surface area (Å²) in [5.74, 6) is 1.47. The number of nitrogens with one attached hydrogen (secondary N) is 1. The van der Waals surface area contributed by atoms with Gasteiger partial charge in [0.25, 0.3) is 0 Å². The molecule has 0 bridgehead atoms. The van der Waals surface area contributed by atoms with Crippen molar-refractivity contribution in [1.29, 1.82) is 0 Å². The fourth-order valence-electron chi connectivity index (χ4n) is 1.66. The molecule has 0 unspecified atom stereocenters. The quantitative estimate of drug-likeness (QED) is 0.888. The predicted molar refractivity (Wildman–Crippen MR) is 81.3 cm³/mol. The lowest BCUT2D eigenvalue weighted by atomic mass is 10.1. The third-order valence-corrected chi connectivity index (χ3v) is 4.68. The number of carbonyl (C=O) groups is 1. The number of thioether (sulfide) groups is 1.